The molecule has 2 aromatic rings. The molecule has 0 amide bonds. The second-order valence-electron chi connectivity index (χ2n) is 5.93. The van der Waals surface area contributed by atoms with Crippen molar-refractivity contribution in [1.82, 2.24) is 10.1 Å². The predicted octanol–water partition coefficient (Wildman–Crippen LogP) is 2.70. The van der Waals surface area contributed by atoms with Gasteiger partial charge in [-0.15, -0.1) is 0 Å². The van der Waals surface area contributed by atoms with Crippen molar-refractivity contribution in [3.63, 3.8) is 0 Å². The molecule has 1 saturated heterocycles. The van der Waals surface area contributed by atoms with Gasteiger partial charge in [0.1, 0.15) is 35.7 Å². The van der Waals surface area contributed by atoms with Crippen molar-refractivity contribution in [1.29, 1.82) is 0 Å². The van der Waals surface area contributed by atoms with E-state index in [1.807, 2.05) is 13.0 Å². The van der Waals surface area contributed by atoms with Gasteiger partial charge in [0.05, 0.1) is 6.04 Å². The molecule has 0 saturated carbocycles. The number of rotatable bonds is 6. The molecule has 1 aliphatic rings. The van der Waals surface area contributed by atoms with E-state index in [0.717, 1.165) is 30.8 Å². The number of hydrogen-bond acceptors (Lipinski definition) is 5. The van der Waals surface area contributed by atoms with E-state index in [9.17, 15) is 9.50 Å². The summed E-state index contributed by atoms with van der Waals surface area (Å²) in [6, 6.07) is 7.92. The molecule has 0 radical (unpaired) electrons. The van der Waals surface area contributed by atoms with Gasteiger partial charge in [-0.05, 0) is 50.6 Å². The first-order chi connectivity index (χ1) is 11.1. The average molecular weight is 320 g/mol. The van der Waals surface area contributed by atoms with E-state index in [-0.39, 0.29) is 18.5 Å². The fourth-order valence-electron chi connectivity index (χ4n) is 2.97. The smallest absolute Gasteiger partial charge is 0.133 e. The number of aryl methyl sites for hydroxylation is 1. The molecule has 3 rings (SSSR count). The molecule has 1 aromatic carbocycles. The van der Waals surface area contributed by atoms with Crippen LogP contribution in [0.1, 0.15) is 30.3 Å². The molecular formula is C17H21FN2O3. The van der Waals surface area contributed by atoms with Gasteiger partial charge in [0.15, 0.2) is 0 Å². The van der Waals surface area contributed by atoms with Crippen LogP contribution >= 0.6 is 0 Å². The summed E-state index contributed by atoms with van der Waals surface area (Å²) in [6.45, 7) is 3.48. The van der Waals surface area contributed by atoms with Crippen molar-refractivity contribution in [2.45, 2.75) is 31.9 Å². The number of ether oxygens (including phenoxy) is 1. The summed E-state index contributed by atoms with van der Waals surface area (Å²) in [5.74, 6) is 1.04. The molecule has 124 valence electrons. The van der Waals surface area contributed by atoms with Crippen molar-refractivity contribution in [3.05, 3.63) is 47.6 Å². The molecule has 1 aromatic heterocycles. The van der Waals surface area contributed by atoms with E-state index in [2.05, 4.69) is 10.1 Å². The van der Waals surface area contributed by atoms with Gasteiger partial charge in [-0.25, -0.2) is 4.39 Å². The predicted molar refractivity (Wildman–Crippen MR) is 82.7 cm³/mol. The molecule has 2 atom stereocenters. The van der Waals surface area contributed by atoms with Crippen molar-refractivity contribution in [3.8, 4) is 5.75 Å². The van der Waals surface area contributed by atoms with Gasteiger partial charge >= 0.3 is 0 Å². The molecular weight excluding hydrogens is 299 g/mol. The minimum Gasteiger partial charge on any atom is -0.491 e. The topological polar surface area (TPSA) is 58.7 Å². The number of hydrogen-bond donors (Lipinski definition) is 1. The zero-order valence-corrected chi connectivity index (χ0v) is 13.1. The van der Waals surface area contributed by atoms with E-state index in [1.54, 1.807) is 12.1 Å². The Morgan fingerprint density at radius 3 is 2.91 bits per heavy atom. The third-order valence-electron chi connectivity index (χ3n) is 4.05. The van der Waals surface area contributed by atoms with Gasteiger partial charge in [-0.3, -0.25) is 4.90 Å². The number of benzene rings is 1. The lowest BCUT2D eigenvalue weighted by Gasteiger charge is -2.25. The van der Waals surface area contributed by atoms with Crippen molar-refractivity contribution in [2.75, 3.05) is 19.7 Å². The first-order valence-electron chi connectivity index (χ1n) is 7.85. The Balaban J connectivity index is 1.52. The van der Waals surface area contributed by atoms with Gasteiger partial charge in [0.25, 0.3) is 0 Å². The van der Waals surface area contributed by atoms with Crippen LogP contribution in [0.4, 0.5) is 4.39 Å². The summed E-state index contributed by atoms with van der Waals surface area (Å²) < 4.78 is 23.5. The van der Waals surface area contributed by atoms with Gasteiger partial charge in [-0.2, -0.15) is 0 Å². The van der Waals surface area contributed by atoms with Crippen LogP contribution in [0.2, 0.25) is 0 Å². The van der Waals surface area contributed by atoms with Crippen LogP contribution < -0.4 is 4.74 Å². The van der Waals surface area contributed by atoms with Crippen LogP contribution in [0.3, 0.4) is 0 Å². The zero-order chi connectivity index (χ0) is 16.2. The van der Waals surface area contributed by atoms with Crippen LogP contribution in [0, 0.1) is 12.7 Å². The molecule has 0 spiro atoms. The summed E-state index contributed by atoms with van der Waals surface area (Å²) in [4.78, 5) is 2.20. The molecule has 0 unspecified atom stereocenters. The molecule has 6 heteroatoms. The normalized spacial score (nSPS) is 19.9. The van der Waals surface area contributed by atoms with Gasteiger partial charge in [0.2, 0.25) is 0 Å². The van der Waals surface area contributed by atoms with Crippen LogP contribution in [-0.4, -0.2) is 41.0 Å². The number of aliphatic hydroxyl groups excluding tert-OH is 1. The van der Waals surface area contributed by atoms with Gasteiger partial charge < -0.3 is 14.4 Å². The molecule has 0 aliphatic carbocycles. The SMILES string of the molecule is Cc1cc([C@@H]2CCCN2C[C@@H](O)COc2ccc(F)cc2)no1. The lowest BCUT2D eigenvalue weighted by Crippen LogP contribution is -2.35. The van der Waals surface area contributed by atoms with Crippen LogP contribution in [-0.2, 0) is 0 Å². The number of halogens is 1. The Hall–Kier alpha value is -1.92. The molecule has 1 N–H and O–H groups in total. The Morgan fingerprint density at radius 2 is 2.22 bits per heavy atom. The molecule has 1 fully saturated rings. The first-order valence-corrected chi connectivity index (χ1v) is 7.85. The monoisotopic (exact) mass is 320 g/mol. The van der Waals surface area contributed by atoms with E-state index >= 15 is 0 Å². The van der Waals surface area contributed by atoms with E-state index in [4.69, 9.17) is 9.26 Å². The number of β-amino-alcohol motifs (C(OH)–C–C–N with tert-alkyl or cyclic N) is 1. The van der Waals surface area contributed by atoms with Crippen LogP contribution in [0.25, 0.3) is 0 Å². The fraction of sp³-hybridized carbons (Fsp3) is 0.471. The Morgan fingerprint density at radius 1 is 1.43 bits per heavy atom. The number of nitrogens with zero attached hydrogens (tertiary/aromatic N) is 2. The maximum atomic E-state index is 12.8. The van der Waals surface area contributed by atoms with E-state index < -0.39 is 6.10 Å². The van der Waals surface area contributed by atoms with Gasteiger partial charge in [0, 0.05) is 12.6 Å². The van der Waals surface area contributed by atoms with Crippen molar-refractivity contribution >= 4 is 0 Å². The second-order valence-corrected chi connectivity index (χ2v) is 5.93. The summed E-state index contributed by atoms with van der Waals surface area (Å²) in [6.07, 6.45) is 1.47. The minimum absolute atomic E-state index is 0.173. The highest BCUT2D eigenvalue weighted by molar-refractivity contribution is 5.22. The molecule has 2 heterocycles. The Bertz CT molecular complexity index is 629. The highest BCUT2D eigenvalue weighted by atomic mass is 19.1. The lowest BCUT2D eigenvalue weighted by molar-refractivity contribution is 0.0628. The van der Waals surface area contributed by atoms with Crippen molar-refractivity contribution < 1.29 is 18.8 Å². The fourth-order valence-corrected chi connectivity index (χ4v) is 2.97. The number of likely N-dealkylation sites (tertiary alicyclic amines) is 1. The van der Waals surface area contributed by atoms with Crippen LogP contribution in [0.15, 0.2) is 34.9 Å². The van der Waals surface area contributed by atoms with E-state index in [1.165, 1.54) is 12.1 Å². The quantitative estimate of drug-likeness (QED) is 0.887. The highest BCUT2D eigenvalue weighted by Crippen LogP contribution is 2.31. The summed E-state index contributed by atoms with van der Waals surface area (Å²) >= 11 is 0. The largest absolute Gasteiger partial charge is 0.491 e. The molecule has 0 bridgehead atoms. The summed E-state index contributed by atoms with van der Waals surface area (Å²) in [5, 5.41) is 14.3. The maximum absolute atomic E-state index is 12.8. The average Bonchev–Trinajstić information content (AvgIpc) is 3.15. The van der Waals surface area contributed by atoms with Crippen LogP contribution in [0.5, 0.6) is 5.75 Å². The Labute approximate surface area is 134 Å². The lowest BCUT2D eigenvalue weighted by atomic mass is 10.1. The number of aliphatic hydroxyl groups is 1. The molecule has 1 aliphatic heterocycles. The third kappa shape index (κ3) is 4.09. The zero-order valence-electron chi connectivity index (χ0n) is 13.1. The highest BCUT2D eigenvalue weighted by Gasteiger charge is 2.29. The molecule has 5 nitrogen and oxygen atoms in total. The summed E-state index contributed by atoms with van der Waals surface area (Å²) in [5.41, 5.74) is 0.923. The second kappa shape index (κ2) is 7.10. The minimum atomic E-state index is -0.617. The number of aromatic nitrogens is 1. The molecule has 23 heavy (non-hydrogen) atoms. The third-order valence-corrected chi connectivity index (χ3v) is 4.05. The standard InChI is InChI=1S/C17H21FN2O3/c1-12-9-16(19-23-12)17-3-2-8-20(17)10-14(21)11-22-15-6-4-13(18)5-7-15/h4-7,9,14,17,21H,2-3,8,10-11H2,1H3/t14-,17+/m1/s1. The maximum Gasteiger partial charge on any atom is 0.133 e. The van der Waals surface area contributed by atoms with Gasteiger partial charge in [-0.1, -0.05) is 5.16 Å². The van der Waals surface area contributed by atoms with E-state index in [0.29, 0.717) is 12.3 Å². The first kappa shape index (κ1) is 16.0. The van der Waals surface area contributed by atoms with Crippen molar-refractivity contribution in [2.24, 2.45) is 0 Å². The summed E-state index contributed by atoms with van der Waals surface area (Å²) in [7, 11) is 0. The Kier molecular flexibility index (Phi) is 4.93.